The Balaban J connectivity index is 3.13. The van der Waals surface area contributed by atoms with Gasteiger partial charge in [0.25, 0.3) is 0 Å². The Morgan fingerprint density at radius 3 is 2.80 bits per heavy atom. The van der Waals surface area contributed by atoms with Crippen molar-refractivity contribution in [3.63, 3.8) is 0 Å². The molecule has 78 valence electrons. The van der Waals surface area contributed by atoms with Crippen LogP contribution in [0.4, 0.5) is 5.69 Å². The molecule has 0 amide bonds. The van der Waals surface area contributed by atoms with E-state index in [2.05, 4.69) is 32.5 Å². The fourth-order valence-electron chi connectivity index (χ4n) is 0.999. The van der Waals surface area contributed by atoms with E-state index in [0.29, 0.717) is 11.3 Å². The molecule has 0 spiro atoms. The SMILES string of the molecule is COC(=O)C#Cc1cc(Br)cc(N)c1C. The van der Waals surface area contributed by atoms with Crippen LogP contribution >= 0.6 is 15.9 Å². The molecule has 0 aliphatic carbocycles. The van der Waals surface area contributed by atoms with Crippen molar-refractivity contribution < 1.29 is 9.53 Å². The first-order valence-electron chi connectivity index (χ1n) is 4.20. The van der Waals surface area contributed by atoms with E-state index >= 15 is 0 Å². The van der Waals surface area contributed by atoms with Crippen molar-refractivity contribution in [1.82, 2.24) is 0 Å². The average Bonchev–Trinajstić information content (AvgIpc) is 2.20. The molecule has 0 atom stereocenters. The van der Waals surface area contributed by atoms with Crippen LogP contribution in [0.2, 0.25) is 0 Å². The van der Waals surface area contributed by atoms with E-state index in [-0.39, 0.29) is 0 Å². The van der Waals surface area contributed by atoms with Gasteiger partial charge in [0.05, 0.1) is 7.11 Å². The van der Waals surface area contributed by atoms with E-state index in [1.807, 2.05) is 13.0 Å². The number of methoxy groups -OCH3 is 1. The molecule has 1 rings (SSSR count). The number of rotatable bonds is 0. The molecule has 15 heavy (non-hydrogen) atoms. The fourth-order valence-corrected chi connectivity index (χ4v) is 1.47. The van der Waals surface area contributed by atoms with Gasteiger partial charge in [-0.25, -0.2) is 4.79 Å². The number of esters is 1. The molecule has 1 aromatic rings. The summed E-state index contributed by atoms with van der Waals surface area (Å²) in [6.07, 6.45) is 0. The number of nitrogen functional groups attached to an aromatic ring is 1. The van der Waals surface area contributed by atoms with Gasteiger partial charge < -0.3 is 10.5 Å². The maximum atomic E-state index is 10.8. The van der Waals surface area contributed by atoms with Gasteiger partial charge in [0, 0.05) is 21.6 Å². The van der Waals surface area contributed by atoms with Crippen molar-refractivity contribution in [3.05, 3.63) is 27.7 Å². The number of nitrogens with two attached hydrogens (primary N) is 1. The summed E-state index contributed by atoms with van der Waals surface area (Å²) in [4.78, 5) is 10.8. The van der Waals surface area contributed by atoms with Crippen LogP contribution in [0.25, 0.3) is 0 Å². The van der Waals surface area contributed by atoms with Crippen LogP contribution in [-0.2, 0) is 9.53 Å². The molecular weight excluding hydrogens is 258 g/mol. The van der Waals surface area contributed by atoms with E-state index in [4.69, 9.17) is 5.73 Å². The van der Waals surface area contributed by atoms with E-state index < -0.39 is 5.97 Å². The predicted octanol–water partition coefficient (Wildman–Crippen LogP) is 1.86. The molecule has 0 fully saturated rings. The summed E-state index contributed by atoms with van der Waals surface area (Å²) in [7, 11) is 1.29. The summed E-state index contributed by atoms with van der Waals surface area (Å²) in [6.45, 7) is 1.85. The molecule has 2 N–H and O–H groups in total. The van der Waals surface area contributed by atoms with E-state index in [1.54, 1.807) is 6.07 Å². The summed E-state index contributed by atoms with van der Waals surface area (Å²) in [6, 6.07) is 3.60. The zero-order valence-electron chi connectivity index (χ0n) is 8.43. The number of carbonyl (C=O) groups is 1. The second-order valence-corrected chi connectivity index (χ2v) is 3.82. The first-order valence-corrected chi connectivity index (χ1v) is 4.99. The zero-order chi connectivity index (χ0) is 11.4. The molecule has 0 heterocycles. The summed E-state index contributed by atoms with van der Waals surface area (Å²) in [5.41, 5.74) is 7.96. The second-order valence-electron chi connectivity index (χ2n) is 2.91. The van der Waals surface area contributed by atoms with Gasteiger partial charge in [0.2, 0.25) is 0 Å². The van der Waals surface area contributed by atoms with E-state index in [0.717, 1.165) is 10.0 Å². The molecule has 0 aliphatic rings. The number of benzene rings is 1. The van der Waals surface area contributed by atoms with Gasteiger partial charge in [-0.1, -0.05) is 21.9 Å². The zero-order valence-corrected chi connectivity index (χ0v) is 10.0. The van der Waals surface area contributed by atoms with Gasteiger partial charge in [-0.2, -0.15) is 0 Å². The van der Waals surface area contributed by atoms with Crippen LogP contribution < -0.4 is 5.73 Å². The smallest absolute Gasteiger partial charge is 0.384 e. The van der Waals surface area contributed by atoms with Crippen molar-refractivity contribution in [2.45, 2.75) is 6.92 Å². The monoisotopic (exact) mass is 267 g/mol. The Labute approximate surface area is 96.7 Å². The van der Waals surface area contributed by atoms with Crippen molar-refractivity contribution in [2.75, 3.05) is 12.8 Å². The minimum atomic E-state index is -0.562. The molecule has 0 radical (unpaired) electrons. The van der Waals surface area contributed by atoms with Gasteiger partial charge in [-0.15, -0.1) is 0 Å². The third-order valence-electron chi connectivity index (χ3n) is 1.90. The number of carbonyl (C=O) groups excluding carboxylic acids is 1. The summed E-state index contributed by atoms with van der Waals surface area (Å²) in [5, 5.41) is 0. The van der Waals surface area contributed by atoms with Crippen LogP contribution in [0.1, 0.15) is 11.1 Å². The molecule has 3 nitrogen and oxygen atoms in total. The van der Waals surface area contributed by atoms with Crippen LogP contribution in [0.3, 0.4) is 0 Å². The molecule has 0 saturated heterocycles. The highest BCUT2D eigenvalue weighted by Gasteiger charge is 2.01. The third kappa shape index (κ3) is 3.00. The highest BCUT2D eigenvalue weighted by atomic mass is 79.9. The molecule has 0 aromatic heterocycles. The van der Waals surface area contributed by atoms with Gasteiger partial charge in [-0.05, 0) is 24.6 Å². The van der Waals surface area contributed by atoms with Crippen molar-refractivity contribution >= 4 is 27.6 Å². The van der Waals surface area contributed by atoms with Crippen LogP contribution in [0.15, 0.2) is 16.6 Å². The molecular formula is C11H10BrNO2. The Bertz CT molecular complexity index is 458. The van der Waals surface area contributed by atoms with Crippen molar-refractivity contribution in [2.24, 2.45) is 0 Å². The van der Waals surface area contributed by atoms with E-state index in [9.17, 15) is 4.79 Å². The summed E-state index contributed by atoms with van der Waals surface area (Å²) < 4.78 is 5.25. The number of ether oxygens (including phenoxy) is 1. The quantitative estimate of drug-likeness (QED) is 0.444. The Hall–Kier alpha value is -1.47. The fraction of sp³-hybridized carbons (Fsp3) is 0.182. The van der Waals surface area contributed by atoms with E-state index in [1.165, 1.54) is 7.11 Å². The molecule has 0 aliphatic heterocycles. The number of hydrogen-bond acceptors (Lipinski definition) is 3. The topological polar surface area (TPSA) is 52.3 Å². The number of halogens is 1. The van der Waals surface area contributed by atoms with Gasteiger partial charge in [0.1, 0.15) is 0 Å². The lowest BCUT2D eigenvalue weighted by Gasteiger charge is -2.03. The third-order valence-corrected chi connectivity index (χ3v) is 2.36. The van der Waals surface area contributed by atoms with Crippen LogP contribution in [0.5, 0.6) is 0 Å². The predicted molar refractivity (Wildman–Crippen MR) is 62.2 cm³/mol. The minimum absolute atomic E-state index is 0.562. The lowest BCUT2D eigenvalue weighted by atomic mass is 10.1. The van der Waals surface area contributed by atoms with Gasteiger partial charge >= 0.3 is 5.97 Å². The maximum absolute atomic E-state index is 10.8. The number of hydrogen-bond donors (Lipinski definition) is 1. The molecule has 0 unspecified atom stereocenters. The van der Waals surface area contributed by atoms with Crippen molar-refractivity contribution in [1.29, 1.82) is 0 Å². The lowest BCUT2D eigenvalue weighted by Crippen LogP contribution is -1.96. The largest absolute Gasteiger partial charge is 0.459 e. The second kappa shape index (κ2) is 4.85. The maximum Gasteiger partial charge on any atom is 0.384 e. The summed E-state index contributed by atoms with van der Waals surface area (Å²) in [5.74, 6) is 4.50. The molecule has 1 aromatic carbocycles. The first-order chi connectivity index (χ1) is 7.04. The minimum Gasteiger partial charge on any atom is -0.459 e. The average molecular weight is 268 g/mol. The first kappa shape index (κ1) is 11.6. The number of anilines is 1. The molecule has 0 saturated carbocycles. The van der Waals surface area contributed by atoms with Gasteiger partial charge in [-0.3, -0.25) is 0 Å². The standard InChI is InChI=1S/C11H10BrNO2/c1-7-8(3-4-11(14)15-2)5-9(12)6-10(7)13/h5-6H,13H2,1-2H3. The lowest BCUT2D eigenvalue weighted by molar-refractivity contribution is -0.133. The van der Waals surface area contributed by atoms with Gasteiger partial charge in [0.15, 0.2) is 0 Å². The molecule has 0 bridgehead atoms. The Morgan fingerprint density at radius 1 is 1.53 bits per heavy atom. The Morgan fingerprint density at radius 2 is 2.20 bits per heavy atom. The Kier molecular flexibility index (Phi) is 3.75. The summed E-state index contributed by atoms with van der Waals surface area (Å²) >= 11 is 3.31. The normalized spacial score (nSPS) is 9.00. The van der Waals surface area contributed by atoms with Crippen LogP contribution in [0, 0.1) is 18.8 Å². The van der Waals surface area contributed by atoms with Crippen molar-refractivity contribution in [3.8, 4) is 11.8 Å². The highest BCUT2D eigenvalue weighted by Crippen LogP contribution is 2.21. The molecule has 4 heteroatoms. The highest BCUT2D eigenvalue weighted by molar-refractivity contribution is 9.10. The van der Waals surface area contributed by atoms with Crippen LogP contribution in [-0.4, -0.2) is 13.1 Å².